The van der Waals surface area contributed by atoms with Gasteiger partial charge in [0.15, 0.2) is 0 Å². The summed E-state index contributed by atoms with van der Waals surface area (Å²) in [7, 11) is 0. The molecule has 6 aromatic heterocycles. The lowest BCUT2D eigenvalue weighted by Gasteiger charge is -2.42. The first-order chi connectivity index (χ1) is 52.1. The normalized spacial score (nSPS) is 12.3. The molecule has 0 unspecified atom stereocenters. The molecule has 0 bridgehead atoms. The Labute approximate surface area is 610 Å². The second kappa shape index (κ2) is 22.8. The van der Waals surface area contributed by atoms with Gasteiger partial charge in [-0.15, -0.1) is 0 Å². The van der Waals surface area contributed by atoms with E-state index in [2.05, 4.69) is 371 Å². The number of fused-ring (bicyclic) bond motifs is 20. The van der Waals surface area contributed by atoms with Crippen molar-refractivity contribution in [3.05, 3.63) is 350 Å². The molecule has 15 aromatic carbocycles. The molecule has 0 atom stereocenters. The molecule has 0 saturated heterocycles. The minimum absolute atomic E-state index is 0.509. The summed E-state index contributed by atoms with van der Waals surface area (Å²) in [6, 6.07) is 124. The zero-order valence-electron chi connectivity index (χ0n) is 58.8. The van der Waals surface area contributed by atoms with Gasteiger partial charge in [0, 0.05) is 126 Å². The number of hydrogen-bond donors (Lipinski definition) is 0. The fourth-order valence-corrected chi connectivity index (χ4v) is 18.9. The molecule has 21 rings (SSSR count). The number of nitriles is 2. The first-order valence-electron chi connectivity index (χ1n) is 36.4. The Bertz CT molecular complexity index is 6990. The number of para-hydroxylation sites is 10. The van der Waals surface area contributed by atoms with E-state index in [1.807, 2.05) is 24.3 Å². The molecule has 0 amide bonds. The van der Waals surface area contributed by atoms with Gasteiger partial charge < -0.3 is 27.4 Å². The van der Waals surface area contributed by atoms with E-state index in [1.54, 1.807) is 0 Å². The van der Waals surface area contributed by atoms with Gasteiger partial charge in [-0.2, -0.15) is 10.5 Å². The lowest BCUT2D eigenvalue weighted by atomic mass is 9.73. The molecule has 0 aliphatic carbocycles. The highest BCUT2D eigenvalue weighted by Gasteiger charge is 2.45. The Morgan fingerprint density at radius 1 is 0.236 bits per heavy atom. The number of benzene rings is 15. The van der Waals surface area contributed by atoms with Crippen molar-refractivity contribution in [3.63, 3.8) is 0 Å². The van der Waals surface area contributed by atoms with Gasteiger partial charge in [0.25, 0.3) is 0 Å². The maximum absolute atomic E-state index is 12.4. The van der Waals surface area contributed by atoms with Crippen LogP contribution in [0.15, 0.2) is 328 Å². The maximum Gasteiger partial charge on any atom is 0.0998 e. The first-order valence-corrected chi connectivity index (χ1v) is 36.4. The van der Waals surface area contributed by atoms with E-state index >= 15 is 0 Å². The van der Waals surface area contributed by atoms with Crippen molar-refractivity contribution >= 4 is 131 Å². The van der Waals surface area contributed by atoms with Crippen LogP contribution in [0.3, 0.4) is 0 Å². The number of nitrogens with zero attached hydrogens (tertiary/aromatic N) is 8. The van der Waals surface area contributed by atoms with Crippen LogP contribution in [0.5, 0.6) is 0 Å². The average Bonchev–Trinajstić information content (AvgIpc) is 1.33. The Kier molecular flexibility index (Phi) is 13.1. The summed E-state index contributed by atoms with van der Waals surface area (Å²) >= 11 is 0. The van der Waals surface area contributed by atoms with E-state index in [-0.39, 0.29) is 0 Å². The van der Waals surface area contributed by atoms with Crippen LogP contribution in [-0.4, -0.2) is 27.4 Å². The predicted octanol–water partition coefficient (Wildman–Crippen LogP) is 24.9. The van der Waals surface area contributed by atoms with Crippen LogP contribution >= 0.6 is 0 Å². The van der Waals surface area contributed by atoms with Crippen molar-refractivity contribution < 1.29 is 0 Å². The Morgan fingerprint density at radius 2 is 0.509 bits per heavy atom. The average molecular weight is 1360 g/mol. The third-order valence-electron chi connectivity index (χ3n) is 23.0. The summed E-state index contributed by atoms with van der Waals surface area (Å²) in [6.45, 7) is 9.64. The van der Waals surface area contributed by atoms with Crippen molar-refractivity contribution in [1.29, 1.82) is 10.5 Å². The quantitative estimate of drug-likeness (QED) is 0.137. The molecule has 0 saturated carbocycles. The Balaban J connectivity index is 1.13. The zero-order chi connectivity index (χ0) is 70.8. The summed E-state index contributed by atoms with van der Waals surface area (Å²) in [6.07, 6.45) is 0. The van der Waals surface area contributed by atoms with Gasteiger partial charge in [-0.05, 0) is 130 Å². The smallest absolute Gasteiger partial charge is 0.0998 e. The first kappa shape index (κ1) is 60.8. The summed E-state index contributed by atoms with van der Waals surface area (Å²) < 4.78 is 15.3. The van der Waals surface area contributed by atoms with Crippen molar-refractivity contribution in [1.82, 2.24) is 27.4 Å². The van der Waals surface area contributed by atoms with Gasteiger partial charge in [0.05, 0.1) is 89.9 Å². The van der Waals surface area contributed by atoms with Gasteiger partial charge in [0.1, 0.15) is 0 Å². The van der Waals surface area contributed by atoms with Crippen LogP contribution in [0.1, 0.15) is 49.9 Å². The minimum atomic E-state index is -1.12. The molecule has 106 heavy (non-hydrogen) atoms. The van der Waals surface area contributed by atoms with Crippen LogP contribution < -0.4 is 0 Å². The van der Waals surface area contributed by atoms with Crippen LogP contribution in [0.25, 0.3) is 176 Å². The molecular formula is C98H66N8. The molecule has 8 heteroatoms. The SMILES string of the molecule is CC(C)(c1c(-c2ccccc2C#N)c(-n2c3ccccc3c3ccc4c(c5ccccc5n4-c4ccccc4)c32)c(C(C)(C)n2c3ccccc3c3ccccc32)c(-n2c3ccccc3c3ccc4c(c5ccccc5n4-c4ccccc4)c32)c1-c1ccccc1C#N)n1c2ccccc2c2ccccc21. The second-order valence-electron chi connectivity index (χ2n) is 29.2. The van der Waals surface area contributed by atoms with Crippen molar-refractivity contribution in [2.45, 2.75) is 38.8 Å². The second-order valence-corrected chi connectivity index (χ2v) is 29.2. The summed E-state index contributed by atoms with van der Waals surface area (Å²) in [5, 5.41) is 37.9. The maximum atomic E-state index is 12.4. The molecule has 498 valence electrons. The molecule has 0 aliphatic rings. The molecule has 21 aromatic rings. The summed E-state index contributed by atoms with van der Waals surface area (Å²) in [5.41, 5.74) is 20.3. The number of rotatable bonds is 10. The molecule has 8 nitrogen and oxygen atoms in total. The lowest BCUT2D eigenvalue weighted by molar-refractivity contribution is 0.455. The Hall–Kier alpha value is -13.9. The minimum Gasteiger partial charge on any atom is -0.331 e. The Morgan fingerprint density at radius 3 is 0.858 bits per heavy atom. The molecule has 6 heterocycles. The predicted molar refractivity (Wildman–Crippen MR) is 440 cm³/mol. The van der Waals surface area contributed by atoms with Crippen LogP contribution in [0.4, 0.5) is 0 Å². The molecule has 0 fully saturated rings. The molecule has 0 N–H and O–H groups in total. The standard InChI is InChI=1S/C98H66N8/c1-97(2,105-81-51-27-17-39-67(81)68-40-18-28-52-82(68)105)91-89(65-37-13-11-31-61(65)59-99)95(103-77-47-23-15-43-71(77)73-55-57-85-87(93(73)103)75-45-21-25-49-79(75)101(85)63-33-7-5-8-34-63)92(98(3,4)106-83-53-29-19-41-69(83)70-42-20-30-54-84(70)106)96(90(91)66-38-14-12-32-62(66)60-100)104-78-48-24-16-44-72(78)74-56-58-86-88(94(74)104)76-46-22-26-50-80(76)102(86)64-35-9-6-10-36-64/h5-58H,1-4H3. The third kappa shape index (κ3) is 8.27. The van der Waals surface area contributed by atoms with E-state index in [9.17, 15) is 10.5 Å². The topological polar surface area (TPSA) is 77.2 Å². The van der Waals surface area contributed by atoms with E-state index in [4.69, 9.17) is 0 Å². The van der Waals surface area contributed by atoms with Gasteiger partial charge in [-0.3, -0.25) is 0 Å². The summed E-state index contributed by atoms with van der Waals surface area (Å²) in [5.74, 6) is 0. The van der Waals surface area contributed by atoms with Crippen LogP contribution in [0.2, 0.25) is 0 Å². The fourth-order valence-electron chi connectivity index (χ4n) is 18.9. The highest BCUT2D eigenvalue weighted by Crippen LogP contribution is 2.59. The van der Waals surface area contributed by atoms with Gasteiger partial charge in [-0.25, -0.2) is 0 Å². The third-order valence-corrected chi connectivity index (χ3v) is 23.0. The van der Waals surface area contributed by atoms with E-state index in [0.29, 0.717) is 11.1 Å². The lowest BCUT2D eigenvalue weighted by Crippen LogP contribution is -2.35. The number of hydrogen-bond acceptors (Lipinski definition) is 2. The highest BCUT2D eigenvalue weighted by atomic mass is 15.1. The number of aromatic nitrogens is 6. The van der Waals surface area contributed by atoms with Crippen molar-refractivity contribution in [3.8, 4) is 57.1 Å². The van der Waals surface area contributed by atoms with Crippen LogP contribution in [-0.2, 0) is 11.1 Å². The van der Waals surface area contributed by atoms with E-state index < -0.39 is 11.1 Å². The van der Waals surface area contributed by atoms with Gasteiger partial charge >= 0.3 is 0 Å². The zero-order valence-corrected chi connectivity index (χ0v) is 58.8. The van der Waals surface area contributed by atoms with Crippen LogP contribution in [0, 0.1) is 22.7 Å². The fraction of sp³-hybridized carbons (Fsp3) is 0.0612. The van der Waals surface area contributed by atoms with Crippen molar-refractivity contribution in [2.24, 2.45) is 0 Å². The molecule has 0 aliphatic heterocycles. The van der Waals surface area contributed by atoms with E-state index in [1.165, 1.54) is 0 Å². The molecular weight excluding hydrogens is 1290 g/mol. The van der Waals surface area contributed by atoms with Crippen molar-refractivity contribution in [2.75, 3.05) is 0 Å². The summed E-state index contributed by atoms with van der Waals surface area (Å²) in [4.78, 5) is 0. The van der Waals surface area contributed by atoms with E-state index in [0.717, 1.165) is 187 Å². The van der Waals surface area contributed by atoms with Gasteiger partial charge in [-0.1, -0.05) is 231 Å². The monoisotopic (exact) mass is 1350 g/mol. The largest absolute Gasteiger partial charge is 0.331 e. The molecule has 0 radical (unpaired) electrons. The molecule has 0 spiro atoms. The highest BCUT2D eigenvalue weighted by molar-refractivity contribution is 6.29. The van der Waals surface area contributed by atoms with Gasteiger partial charge in [0.2, 0.25) is 0 Å².